The molecule has 2 unspecified atom stereocenters. The molecule has 0 spiro atoms. The molecule has 2 fully saturated rings. The molecule has 2 aliphatic heterocycles. The number of hydrogen-bond donors (Lipinski definition) is 2. The molecule has 5 aromatic rings. The molecule has 4 aromatic carbocycles. The lowest BCUT2D eigenvalue weighted by atomic mass is 10.1. The lowest BCUT2D eigenvalue weighted by Gasteiger charge is -2.27. The first-order valence-corrected chi connectivity index (χ1v) is 18.3. The van der Waals surface area contributed by atoms with Crippen molar-refractivity contribution in [2.75, 3.05) is 37.9 Å². The van der Waals surface area contributed by atoms with Gasteiger partial charge in [0.15, 0.2) is 12.2 Å². The zero-order chi connectivity index (χ0) is 38.3. The maximum atomic E-state index is 13.4. The minimum absolute atomic E-state index is 0.238. The van der Waals surface area contributed by atoms with Crippen molar-refractivity contribution >= 4 is 35.0 Å². The van der Waals surface area contributed by atoms with Crippen molar-refractivity contribution in [3.63, 3.8) is 0 Å². The van der Waals surface area contributed by atoms with E-state index < -0.39 is 24.3 Å². The Kier molecular flexibility index (Phi) is 11.4. The predicted molar refractivity (Wildman–Crippen MR) is 204 cm³/mol. The van der Waals surface area contributed by atoms with Gasteiger partial charge in [-0.25, -0.2) is 0 Å². The third-order valence-electron chi connectivity index (χ3n) is 10.0. The standard InChI is InChI=1S/C42H42N6O7/c1-53-35(27-11-5-3-6-12-27)41(51)47-25-9-15-33(47)37(49)43-31-21-17-29(18-22-31)39-45-46-40(55-39)30-19-23-32(24-20-30)44-38(50)34-16-10-26-48(34)42(52)36(54-2)28-13-7-4-8-14-28/h3-8,11-14,17-24,33-36H,9-10,15-16,25-26H2,1-2H3,(H,43,49)(H,44,50)/t33-,34-,35?,36?/m0/s1. The number of nitrogens with one attached hydrogen (secondary N) is 2. The minimum atomic E-state index is -0.784. The van der Waals surface area contributed by atoms with Crippen LogP contribution in [0.4, 0.5) is 11.4 Å². The summed E-state index contributed by atoms with van der Waals surface area (Å²) in [6.07, 6.45) is 0.990. The van der Waals surface area contributed by atoms with Gasteiger partial charge < -0.3 is 34.3 Å². The monoisotopic (exact) mass is 742 g/mol. The summed E-state index contributed by atoms with van der Waals surface area (Å²) in [5.74, 6) is -0.424. The summed E-state index contributed by atoms with van der Waals surface area (Å²) in [5, 5.41) is 14.3. The predicted octanol–water partition coefficient (Wildman–Crippen LogP) is 6.04. The Labute approximate surface area is 318 Å². The van der Waals surface area contributed by atoms with Crippen molar-refractivity contribution < 1.29 is 33.1 Å². The molecule has 0 aliphatic carbocycles. The van der Waals surface area contributed by atoms with E-state index in [9.17, 15) is 19.2 Å². The average Bonchev–Trinajstić information content (AvgIpc) is 4.02. The topological polar surface area (TPSA) is 156 Å². The average molecular weight is 743 g/mol. The number of carbonyl (C=O) groups is 4. The second-order valence-corrected chi connectivity index (χ2v) is 13.5. The van der Waals surface area contributed by atoms with Gasteiger partial charge in [0.2, 0.25) is 23.6 Å². The number of likely N-dealkylation sites (tertiary alicyclic amines) is 2. The Morgan fingerprint density at radius 1 is 0.600 bits per heavy atom. The largest absolute Gasteiger partial charge is 0.416 e. The van der Waals surface area contributed by atoms with Crippen LogP contribution in [0.25, 0.3) is 22.9 Å². The molecule has 3 heterocycles. The van der Waals surface area contributed by atoms with Crippen molar-refractivity contribution in [1.29, 1.82) is 0 Å². The van der Waals surface area contributed by atoms with Crippen molar-refractivity contribution in [2.24, 2.45) is 0 Å². The molecular weight excluding hydrogens is 700 g/mol. The van der Waals surface area contributed by atoms with Crippen molar-refractivity contribution in [3.8, 4) is 22.9 Å². The highest BCUT2D eigenvalue weighted by molar-refractivity contribution is 5.99. The van der Waals surface area contributed by atoms with Gasteiger partial charge in [0, 0.05) is 49.8 Å². The molecule has 1 aromatic heterocycles. The number of amides is 4. The van der Waals surface area contributed by atoms with Crippen molar-refractivity contribution in [3.05, 3.63) is 120 Å². The van der Waals surface area contributed by atoms with E-state index in [0.717, 1.165) is 24.0 Å². The molecule has 4 atom stereocenters. The molecule has 0 bridgehead atoms. The fraction of sp³-hybridized carbons (Fsp3) is 0.286. The lowest BCUT2D eigenvalue weighted by Crippen LogP contribution is -2.45. The number of aromatic nitrogens is 2. The summed E-state index contributed by atoms with van der Waals surface area (Å²) >= 11 is 0. The zero-order valence-corrected chi connectivity index (χ0v) is 30.6. The van der Waals surface area contributed by atoms with E-state index >= 15 is 0 Å². The Bertz CT molecular complexity index is 1960. The number of ether oxygens (including phenoxy) is 2. The molecule has 2 saturated heterocycles. The van der Waals surface area contributed by atoms with E-state index in [-0.39, 0.29) is 23.6 Å². The van der Waals surface area contributed by atoms with Gasteiger partial charge in [0.1, 0.15) is 12.1 Å². The van der Waals surface area contributed by atoms with Gasteiger partial charge in [-0.05, 0) is 85.3 Å². The van der Waals surface area contributed by atoms with Gasteiger partial charge in [-0.15, -0.1) is 10.2 Å². The molecule has 55 heavy (non-hydrogen) atoms. The molecule has 0 radical (unpaired) electrons. The molecule has 282 valence electrons. The number of carbonyl (C=O) groups excluding carboxylic acids is 4. The molecular formula is C42H42N6O7. The fourth-order valence-corrected chi connectivity index (χ4v) is 7.22. The first-order chi connectivity index (χ1) is 26.8. The van der Waals surface area contributed by atoms with Gasteiger partial charge in [-0.2, -0.15) is 0 Å². The van der Waals surface area contributed by atoms with Crippen molar-refractivity contribution in [1.82, 2.24) is 20.0 Å². The third-order valence-corrected chi connectivity index (χ3v) is 10.0. The van der Waals surface area contributed by atoms with E-state index in [2.05, 4.69) is 20.8 Å². The Balaban J connectivity index is 0.944. The summed E-state index contributed by atoms with van der Waals surface area (Å²) in [6.45, 7) is 0.956. The van der Waals surface area contributed by atoms with Crippen molar-refractivity contribution in [2.45, 2.75) is 50.0 Å². The van der Waals surface area contributed by atoms with Crippen LogP contribution in [-0.4, -0.2) is 83.0 Å². The Morgan fingerprint density at radius 3 is 1.35 bits per heavy atom. The highest BCUT2D eigenvalue weighted by Gasteiger charge is 2.39. The second-order valence-electron chi connectivity index (χ2n) is 13.5. The number of nitrogens with zero attached hydrogens (tertiary/aromatic N) is 4. The van der Waals surface area contributed by atoms with E-state index in [1.807, 2.05) is 60.7 Å². The first kappa shape index (κ1) is 37.1. The smallest absolute Gasteiger partial charge is 0.257 e. The number of benzene rings is 4. The van der Waals surface area contributed by atoms with Crippen LogP contribution < -0.4 is 10.6 Å². The molecule has 2 N–H and O–H groups in total. The van der Waals surface area contributed by atoms with Gasteiger partial charge in [0.05, 0.1) is 0 Å². The van der Waals surface area contributed by atoms with E-state index in [1.165, 1.54) is 14.2 Å². The molecule has 0 saturated carbocycles. The summed E-state index contributed by atoms with van der Waals surface area (Å²) in [4.78, 5) is 56.7. The van der Waals surface area contributed by atoms with E-state index in [4.69, 9.17) is 13.9 Å². The van der Waals surface area contributed by atoms with Gasteiger partial charge in [-0.3, -0.25) is 19.2 Å². The number of anilines is 2. The second kappa shape index (κ2) is 16.9. The fourth-order valence-electron chi connectivity index (χ4n) is 7.22. The van der Waals surface area contributed by atoms with Crippen LogP contribution in [-0.2, 0) is 28.7 Å². The van der Waals surface area contributed by atoms with E-state index in [0.29, 0.717) is 60.2 Å². The highest BCUT2D eigenvalue weighted by Crippen LogP contribution is 2.30. The quantitative estimate of drug-likeness (QED) is 0.156. The van der Waals surface area contributed by atoms with Gasteiger partial charge >= 0.3 is 0 Å². The van der Waals surface area contributed by atoms with Crippen LogP contribution in [0.2, 0.25) is 0 Å². The number of hydrogen-bond acceptors (Lipinski definition) is 9. The van der Waals surface area contributed by atoms with Gasteiger partial charge in [0.25, 0.3) is 11.8 Å². The maximum absolute atomic E-state index is 13.4. The molecule has 13 nitrogen and oxygen atoms in total. The molecule has 7 rings (SSSR count). The summed E-state index contributed by atoms with van der Waals surface area (Å²) < 4.78 is 17.0. The summed E-state index contributed by atoms with van der Waals surface area (Å²) in [6, 6.07) is 31.3. The lowest BCUT2D eigenvalue weighted by molar-refractivity contribution is -0.146. The molecule has 13 heteroatoms. The first-order valence-electron chi connectivity index (χ1n) is 18.3. The number of methoxy groups -OCH3 is 2. The Hall–Kier alpha value is -6.18. The van der Waals surface area contributed by atoms with Crippen LogP contribution in [0.1, 0.15) is 49.0 Å². The highest BCUT2D eigenvalue weighted by atomic mass is 16.5. The van der Waals surface area contributed by atoms with E-state index in [1.54, 1.807) is 58.3 Å². The van der Waals surface area contributed by atoms with Crippen LogP contribution >= 0.6 is 0 Å². The third kappa shape index (κ3) is 8.17. The minimum Gasteiger partial charge on any atom is -0.416 e. The maximum Gasteiger partial charge on any atom is 0.257 e. The van der Waals surface area contributed by atoms with Crippen LogP contribution in [0.5, 0.6) is 0 Å². The molecule has 2 aliphatic rings. The SMILES string of the molecule is COC(C(=O)N1CCC[C@H]1C(=O)Nc1ccc(-c2nnc(-c3ccc(NC(=O)[C@@H]4CCCN4C(=O)C(OC)c4ccccc4)cc3)o2)cc1)c1ccccc1. The zero-order valence-electron chi connectivity index (χ0n) is 30.6. The summed E-state index contributed by atoms with van der Waals surface area (Å²) in [7, 11) is 2.99. The Morgan fingerprint density at radius 2 is 0.982 bits per heavy atom. The number of rotatable bonds is 12. The van der Waals surface area contributed by atoms with Crippen LogP contribution in [0.15, 0.2) is 114 Å². The summed E-state index contributed by atoms with van der Waals surface area (Å²) in [5.41, 5.74) is 3.92. The normalized spacial score (nSPS) is 17.8. The molecule has 4 amide bonds. The van der Waals surface area contributed by atoms with Gasteiger partial charge in [-0.1, -0.05) is 60.7 Å². The van der Waals surface area contributed by atoms with Crippen LogP contribution in [0.3, 0.4) is 0 Å². The van der Waals surface area contributed by atoms with Crippen LogP contribution in [0, 0.1) is 0 Å².